The maximum Gasteiger partial charge on any atom is 0.270 e. The Morgan fingerprint density at radius 3 is 2.71 bits per heavy atom. The number of non-ortho nitro benzene ring substituents is 1. The topological polar surface area (TPSA) is 80.5 Å². The summed E-state index contributed by atoms with van der Waals surface area (Å²) in [7, 11) is -3.55. The largest absolute Gasteiger partial charge is 0.366 e. The summed E-state index contributed by atoms with van der Waals surface area (Å²) < 4.78 is 24.3. The molecule has 1 aliphatic heterocycles. The molecule has 1 fully saturated rings. The second-order valence-corrected chi connectivity index (χ2v) is 8.76. The Morgan fingerprint density at radius 1 is 1.33 bits per heavy atom. The average molecular weight is 346 g/mol. The Morgan fingerprint density at radius 2 is 2.12 bits per heavy atom. The molecule has 5 rings (SSSR count). The minimum Gasteiger partial charge on any atom is -0.366 e. The zero-order chi connectivity index (χ0) is 17.1. The van der Waals surface area contributed by atoms with Crippen LogP contribution in [-0.2, 0) is 9.84 Å². The van der Waals surface area contributed by atoms with Crippen LogP contribution in [0.1, 0.15) is 12.8 Å². The van der Waals surface area contributed by atoms with Crippen LogP contribution in [0.3, 0.4) is 0 Å². The number of nitro groups is 1. The molecule has 0 unspecified atom stereocenters. The summed E-state index contributed by atoms with van der Waals surface area (Å²) in [5, 5.41) is 11.0. The van der Waals surface area contributed by atoms with Crippen LogP contribution in [0.4, 0.5) is 11.4 Å². The number of allylic oxidation sites excluding steroid dienone is 3. The van der Waals surface area contributed by atoms with Crippen LogP contribution < -0.4 is 4.90 Å². The third-order valence-corrected chi connectivity index (χ3v) is 6.47. The molecule has 1 heterocycles. The average Bonchev–Trinajstić information content (AvgIpc) is 3.01. The van der Waals surface area contributed by atoms with Crippen molar-refractivity contribution >= 4 is 21.2 Å². The summed E-state index contributed by atoms with van der Waals surface area (Å²) in [6.07, 6.45) is 7.83. The molecule has 0 saturated carbocycles. The molecule has 0 N–H and O–H groups in total. The minimum atomic E-state index is -3.55. The smallest absolute Gasteiger partial charge is 0.270 e. The predicted molar refractivity (Wildman–Crippen MR) is 90.8 cm³/mol. The van der Waals surface area contributed by atoms with E-state index in [0.717, 1.165) is 25.6 Å². The number of hydrogen-bond donors (Lipinski definition) is 0. The summed E-state index contributed by atoms with van der Waals surface area (Å²) in [6.45, 7) is 1.48. The van der Waals surface area contributed by atoms with Gasteiger partial charge in [0.05, 0.1) is 15.5 Å². The molecule has 7 heteroatoms. The number of nitro benzene ring substituents is 1. The van der Waals surface area contributed by atoms with Crippen molar-refractivity contribution in [2.24, 2.45) is 11.8 Å². The van der Waals surface area contributed by atoms with Crippen LogP contribution in [0.2, 0.25) is 0 Å². The summed E-state index contributed by atoms with van der Waals surface area (Å²) >= 11 is 0. The fraction of sp³-hybridized carbons (Fsp3) is 0.412. The first-order valence-corrected chi connectivity index (χ1v) is 9.87. The van der Waals surface area contributed by atoms with Gasteiger partial charge in [0.1, 0.15) is 0 Å². The van der Waals surface area contributed by atoms with E-state index in [1.807, 2.05) is 0 Å². The number of benzene rings is 1. The maximum absolute atomic E-state index is 12.2. The van der Waals surface area contributed by atoms with Gasteiger partial charge in [0.25, 0.3) is 5.69 Å². The lowest BCUT2D eigenvalue weighted by Crippen LogP contribution is -2.26. The molecule has 1 saturated heterocycles. The van der Waals surface area contributed by atoms with Gasteiger partial charge in [0, 0.05) is 37.4 Å². The number of hydrogen-bond acceptors (Lipinski definition) is 5. The summed E-state index contributed by atoms with van der Waals surface area (Å²) in [5.41, 5.74) is 3.17. The second kappa shape index (κ2) is 5.17. The number of sulfone groups is 1. The first-order chi connectivity index (χ1) is 11.3. The number of rotatable bonds is 3. The van der Waals surface area contributed by atoms with Crippen molar-refractivity contribution in [2.45, 2.75) is 17.7 Å². The summed E-state index contributed by atoms with van der Waals surface area (Å²) in [5.74, 6) is 0.976. The van der Waals surface area contributed by atoms with Crippen molar-refractivity contribution in [3.63, 3.8) is 0 Å². The third-order valence-electron chi connectivity index (χ3n) is 5.34. The monoisotopic (exact) mass is 346 g/mol. The highest BCUT2D eigenvalue weighted by molar-refractivity contribution is 7.90. The zero-order valence-corrected chi connectivity index (χ0v) is 14.1. The lowest BCUT2D eigenvalue weighted by atomic mass is 9.72. The Bertz CT molecular complexity index is 901. The highest BCUT2D eigenvalue weighted by atomic mass is 32.2. The van der Waals surface area contributed by atoms with Gasteiger partial charge in [-0.1, -0.05) is 12.2 Å². The number of fused-ring (bicyclic) bond motifs is 1. The van der Waals surface area contributed by atoms with Gasteiger partial charge in [0.2, 0.25) is 0 Å². The van der Waals surface area contributed by atoms with Crippen molar-refractivity contribution in [3.8, 4) is 0 Å². The summed E-state index contributed by atoms with van der Waals surface area (Å²) in [6, 6.07) is 4.14. The molecule has 2 atom stereocenters. The van der Waals surface area contributed by atoms with E-state index in [-0.39, 0.29) is 10.6 Å². The van der Waals surface area contributed by atoms with E-state index in [9.17, 15) is 18.5 Å². The lowest BCUT2D eigenvalue weighted by molar-refractivity contribution is -0.385. The standard InChI is InChI=1S/C17H18N2O4S/c1-24(22,23)17-8-13(19(20)21)6-7-16(17)18-9-14-11-2-3-12(5-4-11)15(14)10-18/h2-3,6-8,11,14H,4-5,9-10H2,1H3/t11-,14-/m0/s1. The third kappa shape index (κ3) is 2.34. The van der Waals surface area contributed by atoms with Crippen molar-refractivity contribution in [1.29, 1.82) is 0 Å². The van der Waals surface area contributed by atoms with Gasteiger partial charge in [-0.15, -0.1) is 0 Å². The molecule has 3 aliphatic carbocycles. The Labute approximate surface area is 140 Å². The van der Waals surface area contributed by atoms with Gasteiger partial charge in [0.15, 0.2) is 9.84 Å². The van der Waals surface area contributed by atoms with E-state index in [4.69, 9.17) is 0 Å². The molecular weight excluding hydrogens is 328 g/mol. The van der Waals surface area contributed by atoms with Gasteiger partial charge in [-0.3, -0.25) is 10.1 Å². The maximum atomic E-state index is 12.2. The molecule has 0 aromatic heterocycles. The molecule has 24 heavy (non-hydrogen) atoms. The molecule has 1 aromatic rings. The minimum absolute atomic E-state index is 0.0428. The van der Waals surface area contributed by atoms with E-state index in [1.54, 1.807) is 6.07 Å². The molecule has 0 amide bonds. The van der Waals surface area contributed by atoms with Crippen LogP contribution in [0.25, 0.3) is 0 Å². The fourth-order valence-corrected chi connectivity index (χ4v) is 5.08. The normalized spacial score (nSPS) is 25.3. The Balaban J connectivity index is 1.76. The molecule has 126 valence electrons. The van der Waals surface area contributed by atoms with E-state index >= 15 is 0 Å². The highest BCUT2D eigenvalue weighted by Gasteiger charge is 2.40. The van der Waals surface area contributed by atoms with Crippen LogP contribution in [0.5, 0.6) is 0 Å². The van der Waals surface area contributed by atoms with Crippen molar-refractivity contribution in [1.82, 2.24) is 0 Å². The quantitative estimate of drug-likeness (QED) is 0.621. The second-order valence-electron chi connectivity index (χ2n) is 6.78. The molecule has 2 bridgehead atoms. The van der Waals surface area contributed by atoms with E-state index < -0.39 is 14.8 Å². The van der Waals surface area contributed by atoms with Crippen molar-refractivity contribution in [3.05, 3.63) is 51.6 Å². The predicted octanol–water partition coefficient (Wildman–Crippen LogP) is 2.71. The van der Waals surface area contributed by atoms with Gasteiger partial charge >= 0.3 is 0 Å². The molecule has 0 radical (unpaired) electrons. The lowest BCUT2D eigenvalue weighted by Gasteiger charge is -2.32. The molecule has 4 aliphatic rings. The highest BCUT2D eigenvalue weighted by Crippen LogP contribution is 2.46. The van der Waals surface area contributed by atoms with Crippen LogP contribution in [0.15, 0.2) is 46.4 Å². The Hall–Kier alpha value is -2.15. The van der Waals surface area contributed by atoms with Crippen LogP contribution in [0, 0.1) is 22.0 Å². The van der Waals surface area contributed by atoms with Gasteiger partial charge in [-0.25, -0.2) is 8.42 Å². The van der Waals surface area contributed by atoms with E-state index in [0.29, 0.717) is 24.1 Å². The first kappa shape index (κ1) is 15.4. The summed E-state index contributed by atoms with van der Waals surface area (Å²) in [4.78, 5) is 12.5. The van der Waals surface area contributed by atoms with Crippen LogP contribution >= 0.6 is 0 Å². The zero-order valence-electron chi connectivity index (χ0n) is 13.3. The van der Waals surface area contributed by atoms with Gasteiger partial charge < -0.3 is 4.90 Å². The SMILES string of the molecule is CS(=O)(=O)c1cc([N+](=O)[O-])ccc1N1CC2=C3C=C[C@@H](CC3)[C@@H]2C1. The van der Waals surface area contributed by atoms with E-state index in [1.165, 1.54) is 23.3 Å². The number of nitrogens with zero attached hydrogens (tertiary/aromatic N) is 2. The molecule has 6 nitrogen and oxygen atoms in total. The van der Waals surface area contributed by atoms with E-state index in [2.05, 4.69) is 17.1 Å². The van der Waals surface area contributed by atoms with Gasteiger partial charge in [-0.05, 0) is 36.0 Å². The number of anilines is 1. The van der Waals surface area contributed by atoms with Crippen molar-refractivity contribution in [2.75, 3.05) is 24.2 Å². The molecular formula is C17H18N2O4S. The Kier molecular flexibility index (Phi) is 3.32. The fourth-order valence-electron chi connectivity index (χ4n) is 4.17. The molecule has 0 spiro atoms. The van der Waals surface area contributed by atoms with Gasteiger partial charge in [-0.2, -0.15) is 0 Å². The van der Waals surface area contributed by atoms with Crippen molar-refractivity contribution < 1.29 is 13.3 Å². The molecule has 1 aromatic carbocycles. The first-order valence-electron chi connectivity index (χ1n) is 7.98. The van der Waals surface area contributed by atoms with Crippen LogP contribution in [-0.4, -0.2) is 32.7 Å².